The number of hydrogen-bond donors (Lipinski definition) is 1. The van der Waals surface area contributed by atoms with Crippen molar-refractivity contribution in [3.05, 3.63) is 0 Å². The van der Waals surface area contributed by atoms with Crippen LogP contribution in [-0.4, -0.2) is 48.0 Å². The van der Waals surface area contributed by atoms with E-state index in [-0.39, 0.29) is 24.1 Å². The molecule has 1 saturated heterocycles. The summed E-state index contributed by atoms with van der Waals surface area (Å²) < 4.78 is 0. The number of likely N-dealkylation sites (N-methyl/N-ethyl adjacent to an activating group) is 1. The summed E-state index contributed by atoms with van der Waals surface area (Å²) in [6.45, 7) is 3.88. The van der Waals surface area contributed by atoms with Crippen molar-refractivity contribution < 1.29 is 9.59 Å². The van der Waals surface area contributed by atoms with Gasteiger partial charge in [-0.15, -0.1) is 0 Å². The summed E-state index contributed by atoms with van der Waals surface area (Å²) in [7, 11) is 3.36. The van der Waals surface area contributed by atoms with Gasteiger partial charge in [-0.05, 0) is 19.8 Å². The number of nitrogens with one attached hydrogen (secondary N) is 1. The molecule has 1 rings (SSSR count). The number of unbranched alkanes of at least 4 members (excludes halogenated alkanes) is 1. The monoisotopic (exact) mass is 227 g/mol. The minimum atomic E-state index is -0.355. The molecule has 1 aliphatic rings. The van der Waals surface area contributed by atoms with E-state index in [1.54, 1.807) is 30.8 Å². The Morgan fingerprint density at radius 2 is 2.12 bits per heavy atom. The van der Waals surface area contributed by atoms with E-state index in [1.165, 1.54) is 0 Å². The predicted molar refractivity (Wildman–Crippen MR) is 61.8 cm³/mol. The van der Waals surface area contributed by atoms with E-state index in [1.807, 2.05) is 0 Å². The smallest absolute Gasteiger partial charge is 0.319 e. The van der Waals surface area contributed by atoms with Crippen molar-refractivity contribution in [3.8, 4) is 0 Å². The highest BCUT2D eigenvalue weighted by atomic mass is 16.2. The van der Waals surface area contributed by atoms with Gasteiger partial charge in [0.1, 0.15) is 12.2 Å². The van der Waals surface area contributed by atoms with Crippen molar-refractivity contribution in [2.45, 2.75) is 45.3 Å². The van der Waals surface area contributed by atoms with Crippen LogP contribution in [0.25, 0.3) is 0 Å². The first-order chi connectivity index (χ1) is 7.54. The summed E-state index contributed by atoms with van der Waals surface area (Å²) in [6.07, 6.45) is 2.83. The van der Waals surface area contributed by atoms with Crippen LogP contribution in [0.3, 0.4) is 0 Å². The zero-order valence-corrected chi connectivity index (χ0v) is 10.5. The fourth-order valence-electron chi connectivity index (χ4n) is 2.17. The van der Waals surface area contributed by atoms with E-state index in [0.717, 1.165) is 19.3 Å². The Morgan fingerprint density at radius 1 is 1.50 bits per heavy atom. The van der Waals surface area contributed by atoms with Crippen LogP contribution in [0, 0.1) is 0 Å². The van der Waals surface area contributed by atoms with Gasteiger partial charge in [-0.1, -0.05) is 13.3 Å². The number of carbonyl (C=O) groups excluding carboxylic acids is 2. The molecule has 0 saturated carbocycles. The molecule has 0 aliphatic carbocycles. The molecule has 5 nitrogen and oxygen atoms in total. The van der Waals surface area contributed by atoms with Gasteiger partial charge < -0.3 is 10.2 Å². The lowest BCUT2D eigenvalue weighted by molar-refractivity contribution is -0.128. The number of carbonyl (C=O) groups is 2. The summed E-state index contributed by atoms with van der Waals surface area (Å²) >= 11 is 0. The molecule has 3 amide bonds. The third-order valence-electron chi connectivity index (χ3n) is 3.15. The molecule has 16 heavy (non-hydrogen) atoms. The molecule has 0 spiro atoms. The zero-order valence-electron chi connectivity index (χ0n) is 10.5. The van der Waals surface area contributed by atoms with Crippen molar-refractivity contribution in [3.63, 3.8) is 0 Å². The molecule has 1 heterocycles. The molecule has 5 heteroatoms. The van der Waals surface area contributed by atoms with Gasteiger partial charge in [0, 0.05) is 14.1 Å². The first-order valence-corrected chi connectivity index (χ1v) is 5.81. The molecule has 0 aromatic heterocycles. The molecule has 1 unspecified atom stereocenters. The average molecular weight is 227 g/mol. The average Bonchev–Trinajstić information content (AvgIpc) is 2.50. The van der Waals surface area contributed by atoms with Gasteiger partial charge in [0.05, 0.1) is 0 Å². The predicted octanol–water partition coefficient (Wildman–Crippen LogP) is 1.00. The zero-order chi connectivity index (χ0) is 12.3. The number of rotatable bonds is 3. The lowest BCUT2D eigenvalue weighted by atomic mass is 10.2. The minimum Gasteiger partial charge on any atom is -0.341 e. The van der Waals surface area contributed by atoms with Gasteiger partial charge in [0.2, 0.25) is 5.91 Å². The Bertz CT molecular complexity index is 280. The topological polar surface area (TPSA) is 52.7 Å². The van der Waals surface area contributed by atoms with E-state index in [4.69, 9.17) is 0 Å². The second kappa shape index (κ2) is 5.18. The van der Waals surface area contributed by atoms with Crippen LogP contribution in [0.1, 0.15) is 33.1 Å². The van der Waals surface area contributed by atoms with Crippen LogP contribution in [0.15, 0.2) is 0 Å². The third kappa shape index (κ3) is 2.13. The first kappa shape index (κ1) is 12.8. The highest BCUT2D eigenvalue weighted by Gasteiger charge is 2.43. The second-order valence-corrected chi connectivity index (χ2v) is 4.21. The molecule has 0 radical (unpaired) electrons. The largest absolute Gasteiger partial charge is 0.341 e. The number of nitrogens with zero attached hydrogens (tertiary/aromatic N) is 2. The number of amides is 3. The molecule has 1 N–H and O–H groups in total. The minimum absolute atomic E-state index is 0.0182. The standard InChI is InChI=1S/C11H21N3O2/c1-5-6-7-9-13(4)10(15)8(2)14(9)11(16)12-3/h8-9H,5-7H2,1-4H3,(H,12,16)/t8-,9?/m0/s1. The lowest BCUT2D eigenvalue weighted by Gasteiger charge is -2.28. The Hall–Kier alpha value is -1.26. The molecular formula is C11H21N3O2. The van der Waals surface area contributed by atoms with Crippen molar-refractivity contribution in [1.29, 1.82) is 0 Å². The van der Waals surface area contributed by atoms with Crippen LogP contribution < -0.4 is 5.32 Å². The molecule has 92 valence electrons. The van der Waals surface area contributed by atoms with E-state index in [0.29, 0.717) is 0 Å². The molecule has 2 atom stereocenters. The third-order valence-corrected chi connectivity index (χ3v) is 3.15. The Labute approximate surface area is 96.8 Å². The van der Waals surface area contributed by atoms with E-state index >= 15 is 0 Å². The van der Waals surface area contributed by atoms with Crippen LogP contribution >= 0.6 is 0 Å². The van der Waals surface area contributed by atoms with Gasteiger partial charge >= 0.3 is 6.03 Å². The lowest BCUT2D eigenvalue weighted by Crippen LogP contribution is -2.47. The van der Waals surface area contributed by atoms with Crippen LogP contribution in [0.4, 0.5) is 4.79 Å². The fourth-order valence-corrected chi connectivity index (χ4v) is 2.17. The SMILES string of the molecule is CCCCC1N(C)C(=O)[C@H](C)N1C(=O)NC. The molecule has 0 bridgehead atoms. The van der Waals surface area contributed by atoms with Gasteiger partial charge in [0.15, 0.2) is 0 Å². The van der Waals surface area contributed by atoms with Gasteiger partial charge in [-0.3, -0.25) is 9.69 Å². The second-order valence-electron chi connectivity index (χ2n) is 4.21. The summed E-state index contributed by atoms with van der Waals surface area (Å²) in [6, 6.07) is -0.530. The Morgan fingerprint density at radius 3 is 2.62 bits per heavy atom. The maximum atomic E-state index is 11.8. The molecule has 1 fully saturated rings. The fraction of sp³-hybridized carbons (Fsp3) is 0.818. The Kier molecular flexibility index (Phi) is 4.15. The van der Waals surface area contributed by atoms with Gasteiger partial charge in [0.25, 0.3) is 0 Å². The molecule has 0 aromatic rings. The summed E-state index contributed by atoms with van der Waals surface area (Å²) in [5.41, 5.74) is 0. The molecular weight excluding hydrogens is 206 g/mol. The summed E-state index contributed by atoms with van der Waals surface area (Å²) in [5.74, 6) is 0.0182. The number of hydrogen-bond acceptors (Lipinski definition) is 2. The quantitative estimate of drug-likeness (QED) is 0.782. The maximum Gasteiger partial charge on any atom is 0.319 e. The summed E-state index contributed by atoms with van der Waals surface area (Å²) in [5, 5.41) is 2.59. The van der Waals surface area contributed by atoms with Gasteiger partial charge in [-0.2, -0.15) is 0 Å². The highest BCUT2D eigenvalue weighted by Crippen LogP contribution is 2.24. The molecule has 1 aliphatic heterocycles. The summed E-state index contributed by atoms with van der Waals surface area (Å²) in [4.78, 5) is 26.9. The van der Waals surface area contributed by atoms with Gasteiger partial charge in [-0.25, -0.2) is 4.79 Å². The van der Waals surface area contributed by atoms with E-state index < -0.39 is 0 Å². The van der Waals surface area contributed by atoms with Crippen molar-refractivity contribution in [2.75, 3.05) is 14.1 Å². The van der Waals surface area contributed by atoms with Crippen LogP contribution in [0.2, 0.25) is 0 Å². The van der Waals surface area contributed by atoms with Crippen LogP contribution in [0.5, 0.6) is 0 Å². The highest BCUT2D eigenvalue weighted by molar-refractivity contribution is 5.90. The van der Waals surface area contributed by atoms with Crippen LogP contribution in [-0.2, 0) is 4.79 Å². The maximum absolute atomic E-state index is 11.8. The first-order valence-electron chi connectivity index (χ1n) is 5.81. The normalized spacial score (nSPS) is 25.1. The van der Waals surface area contributed by atoms with E-state index in [9.17, 15) is 9.59 Å². The van der Waals surface area contributed by atoms with Crippen molar-refractivity contribution >= 4 is 11.9 Å². The van der Waals surface area contributed by atoms with Crippen molar-refractivity contribution in [1.82, 2.24) is 15.1 Å². The van der Waals surface area contributed by atoms with E-state index in [2.05, 4.69) is 12.2 Å². The Balaban J connectivity index is 2.83. The van der Waals surface area contributed by atoms with Crippen molar-refractivity contribution in [2.24, 2.45) is 0 Å². The molecule has 0 aromatic carbocycles. The number of urea groups is 1.